The third-order valence-electron chi connectivity index (χ3n) is 2.36. The van der Waals surface area contributed by atoms with E-state index in [2.05, 4.69) is 10.5 Å². The zero-order valence-electron chi connectivity index (χ0n) is 9.87. The summed E-state index contributed by atoms with van der Waals surface area (Å²) in [7, 11) is 0. The van der Waals surface area contributed by atoms with Crippen molar-refractivity contribution in [2.24, 2.45) is 10.9 Å². The molecule has 0 aromatic heterocycles. The van der Waals surface area contributed by atoms with Crippen molar-refractivity contribution < 1.29 is 14.4 Å². The van der Waals surface area contributed by atoms with Crippen molar-refractivity contribution in [3.8, 4) is 0 Å². The molecule has 0 aliphatic heterocycles. The summed E-state index contributed by atoms with van der Waals surface area (Å²) < 4.78 is 12.9. The third-order valence-corrected chi connectivity index (χ3v) is 2.65. The fraction of sp³-hybridized carbons (Fsp3) is 0.273. The first-order valence-electron chi connectivity index (χ1n) is 5.03. The van der Waals surface area contributed by atoms with Gasteiger partial charge in [-0.25, -0.2) is 4.39 Å². The van der Waals surface area contributed by atoms with Crippen LogP contribution in [0.15, 0.2) is 23.4 Å². The van der Waals surface area contributed by atoms with Crippen molar-refractivity contribution in [3.05, 3.63) is 34.6 Å². The van der Waals surface area contributed by atoms with Gasteiger partial charge in [0, 0.05) is 5.56 Å². The van der Waals surface area contributed by atoms with Gasteiger partial charge in [-0.05, 0) is 32.0 Å². The summed E-state index contributed by atoms with van der Waals surface area (Å²) >= 11 is 5.58. The van der Waals surface area contributed by atoms with Crippen LogP contribution in [0.3, 0.4) is 0 Å². The van der Waals surface area contributed by atoms with E-state index < -0.39 is 17.3 Å². The highest BCUT2D eigenvalue weighted by atomic mass is 35.5. The minimum absolute atomic E-state index is 0.149. The summed E-state index contributed by atoms with van der Waals surface area (Å²) in [6.45, 7) is 3.12. The Bertz CT molecular complexity index is 503. The number of amidine groups is 1. The van der Waals surface area contributed by atoms with Gasteiger partial charge < -0.3 is 16.3 Å². The normalized spacial score (nSPS) is 12.3. The number of rotatable bonds is 3. The Morgan fingerprint density at radius 1 is 1.56 bits per heavy atom. The number of nitrogens with two attached hydrogens (primary N) is 1. The van der Waals surface area contributed by atoms with Crippen LogP contribution in [0.4, 0.5) is 4.39 Å². The maximum Gasteiger partial charge on any atom is 0.252 e. The molecule has 7 heteroatoms. The van der Waals surface area contributed by atoms with E-state index >= 15 is 0 Å². The summed E-state index contributed by atoms with van der Waals surface area (Å²) in [4.78, 5) is 11.9. The van der Waals surface area contributed by atoms with Crippen molar-refractivity contribution in [2.75, 3.05) is 0 Å². The zero-order valence-corrected chi connectivity index (χ0v) is 10.6. The largest absolute Gasteiger partial charge is 0.409 e. The molecule has 18 heavy (non-hydrogen) atoms. The van der Waals surface area contributed by atoms with E-state index in [0.29, 0.717) is 0 Å². The molecule has 0 radical (unpaired) electrons. The molecule has 0 bridgehead atoms. The molecule has 0 spiro atoms. The number of halogens is 2. The number of carbonyl (C=O) groups excluding carboxylic acids is 1. The molecule has 1 aromatic carbocycles. The number of benzene rings is 1. The van der Waals surface area contributed by atoms with E-state index in [4.69, 9.17) is 22.5 Å². The molecule has 0 aliphatic rings. The van der Waals surface area contributed by atoms with Gasteiger partial charge >= 0.3 is 0 Å². The van der Waals surface area contributed by atoms with Gasteiger partial charge in [0.15, 0.2) is 5.84 Å². The van der Waals surface area contributed by atoms with Gasteiger partial charge in [-0.3, -0.25) is 4.79 Å². The lowest BCUT2D eigenvalue weighted by molar-refractivity contribution is 0.0931. The topological polar surface area (TPSA) is 87.7 Å². The molecular formula is C11H13ClFN3O2. The number of hydrogen-bond donors (Lipinski definition) is 3. The Kier molecular flexibility index (Phi) is 4.13. The average molecular weight is 274 g/mol. The lowest BCUT2D eigenvalue weighted by Crippen LogP contribution is -2.53. The quantitative estimate of drug-likeness (QED) is 0.339. The molecule has 5 nitrogen and oxygen atoms in total. The minimum atomic E-state index is -1.04. The molecule has 0 fully saturated rings. The molecule has 1 amide bonds. The number of oxime groups is 1. The molecular weight excluding hydrogens is 261 g/mol. The smallest absolute Gasteiger partial charge is 0.252 e. The second-order valence-electron chi connectivity index (χ2n) is 4.19. The molecule has 0 saturated carbocycles. The van der Waals surface area contributed by atoms with E-state index in [0.717, 1.165) is 6.07 Å². The van der Waals surface area contributed by atoms with Crippen LogP contribution in [0.1, 0.15) is 24.2 Å². The van der Waals surface area contributed by atoms with Gasteiger partial charge in [0.05, 0.1) is 10.6 Å². The Morgan fingerprint density at radius 2 is 2.17 bits per heavy atom. The monoisotopic (exact) mass is 273 g/mol. The first kappa shape index (κ1) is 14.2. The Hall–Kier alpha value is -1.82. The van der Waals surface area contributed by atoms with Crippen LogP contribution in [0.25, 0.3) is 0 Å². The van der Waals surface area contributed by atoms with Crippen LogP contribution in [0.5, 0.6) is 0 Å². The Balaban J connectivity index is 2.92. The first-order valence-corrected chi connectivity index (χ1v) is 5.41. The first-order chi connectivity index (χ1) is 8.27. The highest BCUT2D eigenvalue weighted by molar-refractivity contribution is 6.31. The molecule has 0 aliphatic carbocycles. The van der Waals surface area contributed by atoms with Gasteiger partial charge in [0.25, 0.3) is 5.91 Å². The lowest BCUT2D eigenvalue weighted by Gasteiger charge is -2.24. The highest BCUT2D eigenvalue weighted by Gasteiger charge is 2.26. The summed E-state index contributed by atoms with van der Waals surface area (Å²) in [6.07, 6.45) is 0. The van der Waals surface area contributed by atoms with Gasteiger partial charge in [0.2, 0.25) is 0 Å². The van der Waals surface area contributed by atoms with Crippen LogP contribution in [0.2, 0.25) is 5.02 Å². The maximum absolute atomic E-state index is 12.9. The Morgan fingerprint density at radius 3 is 2.67 bits per heavy atom. The Labute approximate surface area is 108 Å². The van der Waals surface area contributed by atoms with Crippen molar-refractivity contribution in [3.63, 3.8) is 0 Å². The second kappa shape index (κ2) is 5.22. The third kappa shape index (κ3) is 3.10. The fourth-order valence-electron chi connectivity index (χ4n) is 1.18. The summed E-state index contributed by atoms with van der Waals surface area (Å²) in [6, 6.07) is 3.58. The van der Waals surface area contributed by atoms with E-state index in [1.54, 1.807) is 13.8 Å². The fourth-order valence-corrected chi connectivity index (χ4v) is 1.36. The molecule has 0 atom stereocenters. The van der Waals surface area contributed by atoms with Gasteiger partial charge in [-0.2, -0.15) is 0 Å². The highest BCUT2D eigenvalue weighted by Crippen LogP contribution is 2.16. The molecule has 0 unspecified atom stereocenters. The summed E-state index contributed by atoms with van der Waals surface area (Å²) in [5.74, 6) is -1.26. The van der Waals surface area contributed by atoms with E-state index in [1.165, 1.54) is 12.1 Å². The molecule has 1 rings (SSSR count). The number of nitrogens with zero attached hydrogens (tertiary/aromatic N) is 1. The van der Waals surface area contributed by atoms with Crippen molar-refractivity contribution in [1.82, 2.24) is 5.32 Å². The zero-order chi connectivity index (χ0) is 13.9. The average Bonchev–Trinajstić information content (AvgIpc) is 2.30. The maximum atomic E-state index is 12.9. The summed E-state index contributed by atoms with van der Waals surface area (Å²) in [5.41, 5.74) is 4.58. The molecule has 0 heterocycles. The van der Waals surface area contributed by atoms with E-state index in [9.17, 15) is 9.18 Å². The van der Waals surface area contributed by atoms with Crippen LogP contribution in [0, 0.1) is 5.82 Å². The lowest BCUT2D eigenvalue weighted by atomic mass is 10.0. The number of amides is 1. The van der Waals surface area contributed by atoms with Crippen molar-refractivity contribution >= 4 is 23.3 Å². The van der Waals surface area contributed by atoms with Gasteiger partial charge in [-0.15, -0.1) is 0 Å². The molecule has 0 saturated heterocycles. The molecule has 98 valence electrons. The van der Waals surface area contributed by atoms with E-state index in [1.807, 2.05) is 0 Å². The van der Waals surface area contributed by atoms with Crippen LogP contribution in [-0.4, -0.2) is 22.5 Å². The second-order valence-corrected chi connectivity index (χ2v) is 4.60. The number of hydrogen-bond acceptors (Lipinski definition) is 3. The van der Waals surface area contributed by atoms with Gasteiger partial charge in [0.1, 0.15) is 5.82 Å². The van der Waals surface area contributed by atoms with Crippen LogP contribution < -0.4 is 11.1 Å². The van der Waals surface area contributed by atoms with Crippen molar-refractivity contribution in [1.29, 1.82) is 0 Å². The number of carbonyl (C=O) groups is 1. The predicted octanol–water partition coefficient (Wildman–Crippen LogP) is 1.73. The van der Waals surface area contributed by atoms with E-state index in [-0.39, 0.29) is 16.4 Å². The van der Waals surface area contributed by atoms with Gasteiger partial charge in [-0.1, -0.05) is 16.8 Å². The minimum Gasteiger partial charge on any atom is -0.409 e. The van der Waals surface area contributed by atoms with Crippen LogP contribution in [-0.2, 0) is 0 Å². The molecule has 1 aromatic rings. The van der Waals surface area contributed by atoms with Crippen molar-refractivity contribution in [2.45, 2.75) is 19.4 Å². The number of nitrogens with one attached hydrogen (secondary N) is 1. The molecule has 4 N–H and O–H groups in total. The SMILES string of the molecule is CC(C)(NC(=O)c1ccc(F)c(Cl)c1)/C(N)=N/O. The predicted molar refractivity (Wildman–Crippen MR) is 66.4 cm³/mol. The standard InChI is InChI=1S/C11H13ClFN3O2/c1-11(2,10(14)16-18)15-9(17)6-3-4-8(13)7(12)5-6/h3-5,18H,1-2H3,(H2,14,16)(H,15,17). The van der Waals surface area contributed by atoms with Crippen LogP contribution >= 0.6 is 11.6 Å². The summed E-state index contributed by atoms with van der Waals surface area (Å²) in [5, 5.41) is 13.8.